The van der Waals surface area contributed by atoms with Crippen molar-refractivity contribution >= 4 is 28.8 Å². The van der Waals surface area contributed by atoms with Gasteiger partial charge in [0.25, 0.3) is 0 Å². The maximum absolute atomic E-state index is 13.7. The number of rotatable bonds is 3. The van der Waals surface area contributed by atoms with Crippen LogP contribution in [0.5, 0.6) is 0 Å². The van der Waals surface area contributed by atoms with Gasteiger partial charge in [0.2, 0.25) is 0 Å². The molecule has 1 heterocycles. The molecule has 0 bridgehead atoms. The van der Waals surface area contributed by atoms with Crippen molar-refractivity contribution in [2.75, 3.05) is 10.2 Å². The van der Waals surface area contributed by atoms with Gasteiger partial charge in [-0.1, -0.05) is 41.9 Å². The minimum absolute atomic E-state index is 0.140. The summed E-state index contributed by atoms with van der Waals surface area (Å²) in [4.78, 5) is 0. The minimum atomic E-state index is -4.61. The summed E-state index contributed by atoms with van der Waals surface area (Å²) in [6.45, 7) is 0. The van der Waals surface area contributed by atoms with Crippen molar-refractivity contribution in [2.24, 2.45) is 5.10 Å². The van der Waals surface area contributed by atoms with Gasteiger partial charge >= 0.3 is 6.18 Å². The normalized spacial score (nSPS) is 13.6. The molecule has 9 heteroatoms. The van der Waals surface area contributed by atoms with E-state index in [9.17, 15) is 13.2 Å². The summed E-state index contributed by atoms with van der Waals surface area (Å²) >= 11 is 6.01. The predicted molar refractivity (Wildman–Crippen MR) is 109 cm³/mol. The first kappa shape index (κ1) is 19.6. The lowest BCUT2D eigenvalue weighted by Gasteiger charge is -2.29. The number of halogens is 4. The Balaban J connectivity index is 1.85. The Morgan fingerprint density at radius 2 is 1.67 bits per heavy atom. The molecule has 0 aromatic heterocycles. The third-order valence-electron chi connectivity index (χ3n) is 4.36. The molecule has 0 saturated heterocycles. The number of amidine groups is 1. The number of benzene rings is 3. The van der Waals surface area contributed by atoms with Gasteiger partial charge in [0.1, 0.15) is 0 Å². The monoisotopic (exact) mass is 427 g/mol. The summed E-state index contributed by atoms with van der Waals surface area (Å²) in [7, 11) is 0. The molecule has 1 N–H and O–H groups in total. The fraction of sp³-hybridized carbons (Fsp3) is 0.0476. The lowest BCUT2D eigenvalue weighted by Crippen LogP contribution is -2.45. The molecule has 0 amide bonds. The van der Waals surface area contributed by atoms with Crippen molar-refractivity contribution < 1.29 is 13.2 Å². The topological polar surface area (TPSA) is 54.7 Å². The highest BCUT2D eigenvalue weighted by molar-refractivity contribution is 6.30. The van der Waals surface area contributed by atoms with Crippen molar-refractivity contribution in [3.8, 4) is 6.07 Å². The van der Waals surface area contributed by atoms with Gasteiger partial charge < -0.3 is 0 Å². The zero-order chi connectivity index (χ0) is 21.3. The van der Waals surface area contributed by atoms with E-state index in [0.717, 1.165) is 11.2 Å². The molecule has 0 radical (unpaired) electrons. The van der Waals surface area contributed by atoms with E-state index in [1.165, 1.54) is 17.3 Å². The van der Waals surface area contributed by atoms with Gasteiger partial charge in [-0.3, -0.25) is 5.43 Å². The molecule has 4 rings (SSSR count). The van der Waals surface area contributed by atoms with Gasteiger partial charge in [0, 0.05) is 10.6 Å². The molecule has 1 aliphatic heterocycles. The van der Waals surface area contributed by atoms with Gasteiger partial charge in [-0.25, -0.2) is 0 Å². The third-order valence-corrected chi connectivity index (χ3v) is 4.60. The van der Waals surface area contributed by atoms with Crippen molar-refractivity contribution in [2.45, 2.75) is 6.18 Å². The quantitative estimate of drug-likeness (QED) is 0.613. The SMILES string of the molecule is N#Cc1ccc(N2NC(c3ccccc3)=NN2c2cc(Cl)ccc2C(F)(F)F)cc1. The Kier molecular flexibility index (Phi) is 4.98. The van der Waals surface area contributed by atoms with E-state index < -0.39 is 11.7 Å². The zero-order valence-corrected chi connectivity index (χ0v) is 16.0. The standard InChI is InChI=1S/C21H13ClF3N5/c22-16-8-11-18(21(23,24)25)19(12-16)30-28-20(15-4-2-1-3-5-15)27-29(30)17-9-6-14(13-26)7-10-17/h1-12H,(H,27,28). The first-order chi connectivity index (χ1) is 14.4. The molecule has 3 aromatic rings. The van der Waals surface area contributed by atoms with Crippen molar-refractivity contribution in [1.82, 2.24) is 5.43 Å². The van der Waals surface area contributed by atoms with Gasteiger partial charge in [-0.15, -0.1) is 5.10 Å². The van der Waals surface area contributed by atoms with Crippen molar-refractivity contribution in [3.05, 3.63) is 94.5 Å². The van der Waals surface area contributed by atoms with Crippen LogP contribution in [-0.2, 0) is 6.18 Å². The number of nitriles is 1. The van der Waals surface area contributed by atoms with Crippen LogP contribution in [0.25, 0.3) is 0 Å². The number of hydrogen-bond acceptors (Lipinski definition) is 5. The second-order valence-corrected chi connectivity index (χ2v) is 6.78. The van der Waals surface area contributed by atoms with E-state index in [1.54, 1.807) is 48.5 Å². The van der Waals surface area contributed by atoms with Crippen LogP contribution in [0.2, 0.25) is 5.02 Å². The summed E-state index contributed by atoms with van der Waals surface area (Å²) in [5, 5.41) is 16.0. The molecule has 0 unspecified atom stereocenters. The Morgan fingerprint density at radius 3 is 2.30 bits per heavy atom. The number of hydrazine groups is 2. The van der Waals surface area contributed by atoms with Crippen LogP contribution < -0.4 is 15.7 Å². The maximum Gasteiger partial charge on any atom is 0.418 e. The van der Waals surface area contributed by atoms with Crippen LogP contribution >= 0.6 is 11.6 Å². The number of hydrogen-bond donors (Lipinski definition) is 1. The van der Waals surface area contributed by atoms with Crippen molar-refractivity contribution in [1.29, 1.82) is 5.26 Å². The predicted octanol–water partition coefficient (Wildman–Crippen LogP) is 5.34. The molecule has 3 aromatic carbocycles. The van der Waals surface area contributed by atoms with E-state index in [1.807, 2.05) is 12.1 Å². The second kappa shape index (κ2) is 7.61. The molecular weight excluding hydrogens is 415 g/mol. The van der Waals surface area contributed by atoms with Gasteiger partial charge in [0.05, 0.1) is 28.6 Å². The van der Waals surface area contributed by atoms with Crippen LogP contribution in [-0.4, -0.2) is 5.84 Å². The molecule has 0 aliphatic carbocycles. The van der Waals surface area contributed by atoms with Gasteiger partial charge in [0.15, 0.2) is 5.84 Å². The molecule has 1 aliphatic rings. The van der Waals surface area contributed by atoms with E-state index in [-0.39, 0.29) is 10.7 Å². The molecular formula is C21H13ClF3N5. The minimum Gasteiger partial charge on any atom is -0.259 e. The summed E-state index contributed by atoms with van der Waals surface area (Å²) in [5.41, 5.74) is 3.50. The number of nitrogens with zero attached hydrogens (tertiary/aromatic N) is 4. The first-order valence-corrected chi connectivity index (χ1v) is 9.12. The summed E-state index contributed by atoms with van der Waals surface area (Å²) in [6, 6.07) is 20.7. The zero-order valence-electron chi connectivity index (χ0n) is 15.2. The van der Waals surface area contributed by atoms with Crippen LogP contribution in [0.4, 0.5) is 24.5 Å². The Bertz CT molecular complexity index is 1140. The maximum atomic E-state index is 13.7. The number of hydrazone groups is 1. The van der Waals surface area contributed by atoms with Gasteiger partial charge in [-0.2, -0.15) is 28.7 Å². The Labute approximate surface area is 175 Å². The smallest absolute Gasteiger partial charge is 0.259 e. The number of alkyl halides is 3. The third kappa shape index (κ3) is 3.75. The van der Waals surface area contributed by atoms with E-state index in [2.05, 4.69) is 10.5 Å². The van der Waals surface area contributed by atoms with Crippen LogP contribution in [0, 0.1) is 11.3 Å². The lowest BCUT2D eigenvalue weighted by atomic mass is 10.1. The molecule has 0 saturated carbocycles. The lowest BCUT2D eigenvalue weighted by molar-refractivity contribution is -0.137. The van der Waals surface area contributed by atoms with Gasteiger partial charge in [-0.05, 0) is 42.5 Å². The fourth-order valence-electron chi connectivity index (χ4n) is 2.95. The first-order valence-electron chi connectivity index (χ1n) is 8.74. The molecule has 30 heavy (non-hydrogen) atoms. The van der Waals surface area contributed by atoms with Crippen LogP contribution in [0.3, 0.4) is 0 Å². The van der Waals surface area contributed by atoms with E-state index in [4.69, 9.17) is 16.9 Å². The summed E-state index contributed by atoms with van der Waals surface area (Å²) < 4.78 is 41.1. The van der Waals surface area contributed by atoms with Crippen molar-refractivity contribution in [3.63, 3.8) is 0 Å². The molecule has 0 spiro atoms. The largest absolute Gasteiger partial charge is 0.418 e. The molecule has 5 nitrogen and oxygen atoms in total. The fourth-order valence-corrected chi connectivity index (χ4v) is 3.12. The molecule has 0 fully saturated rings. The highest BCUT2D eigenvalue weighted by Crippen LogP contribution is 2.40. The van der Waals surface area contributed by atoms with Crippen LogP contribution in [0.1, 0.15) is 16.7 Å². The Morgan fingerprint density at radius 1 is 0.967 bits per heavy atom. The summed E-state index contributed by atoms with van der Waals surface area (Å²) in [6.07, 6.45) is -4.61. The number of nitrogens with one attached hydrogen (secondary N) is 1. The average Bonchev–Trinajstić information content (AvgIpc) is 3.19. The molecule has 0 atom stereocenters. The summed E-state index contributed by atoms with van der Waals surface area (Å²) in [5.74, 6) is 0.355. The Hall–Kier alpha value is -3.70. The highest BCUT2D eigenvalue weighted by atomic mass is 35.5. The highest BCUT2D eigenvalue weighted by Gasteiger charge is 2.38. The van der Waals surface area contributed by atoms with Crippen LogP contribution in [0.15, 0.2) is 77.9 Å². The molecule has 150 valence electrons. The number of anilines is 2. The average molecular weight is 428 g/mol. The van der Waals surface area contributed by atoms with E-state index >= 15 is 0 Å². The van der Waals surface area contributed by atoms with E-state index in [0.29, 0.717) is 22.6 Å². The second-order valence-electron chi connectivity index (χ2n) is 6.35.